The van der Waals surface area contributed by atoms with Gasteiger partial charge < -0.3 is 5.73 Å². The van der Waals surface area contributed by atoms with Gasteiger partial charge in [-0.05, 0) is 25.2 Å². The van der Waals surface area contributed by atoms with E-state index in [1.54, 1.807) is 11.8 Å². The molecule has 3 N–H and O–H groups in total. The number of aromatic nitrogens is 1. The van der Waals surface area contributed by atoms with Crippen LogP contribution in [0.5, 0.6) is 0 Å². The van der Waals surface area contributed by atoms with E-state index in [4.69, 9.17) is 17.3 Å². The second-order valence-corrected chi connectivity index (χ2v) is 8.05. The fourth-order valence-corrected chi connectivity index (χ4v) is 4.25. The van der Waals surface area contributed by atoms with Crippen LogP contribution in [-0.4, -0.2) is 30.9 Å². The van der Waals surface area contributed by atoms with Crippen LogP contribution >= 0.6 is 23.4 Å². The van der Waals surface area contributed by atoms with Crippen LogP contribution in [0.4, 0.5) is 5.82 Å². The van der Waals surface area contributed by atoms with Crippen molar-refractivity contribution in [2.75, 3.05) is 18.5 Å². The van der Waals surface area contributed by atoms with Gasteiger partial charge in [0.2, 0.25) is 10.0 Å². The number of hydrogen-bond donors (Lipinski definition) is 2. The van der Waals surface area contributed by atoms with Crippen molar-refractivity contribution in [1.82, 2.24) is 9.71 Å². The molecule has 0 aromatic carbocycles. The Labute approximate surface area is 122 Å². The van der Waals surface area contributed by atoms with Gasteiger partial charge in [-0.3, -0.25) is 0 Å². The Kier molecular flexibility index (Phi) is 4.29. The first-order valence-electron chi connectivity index (χ1n) is 5.84. The molecule has 19 heavy (non-hydrogen) atoms. The fraction of sp³-hybridized carbons (Fsp3) is 0.545. The first kappa shape index (κ1) is 14.9. The van der Waals surface area contributed by atoms with Crippen LogP contribution in [0.25, 0.3) is 0 Å². The Hall–Kier alpha value is -0.500. The zero-order valence-electron chi connectivity index (χ0n) is 10.5. The molecule has 0 unspecified atom stereocenters. The molecule has 0 radical (unpaired) electrons. The molecule has 1 aromatic rings. The standard InChI is InChI=1S/C11H16ClN3O2S2/c1-18-11(3-2-4-11)7-15-19(16,17)8-5-9(12)10(13)14-6-8/h5-6,15H,2-4,7H2,1H3,(H2,13,14). The number of nitrogens with two attached hydrogens (primary N) is 1. The molecule has 106 valence electrons. The normalized spacial score (nSPS) is 18.0. The van der Waals surface area contributed by atoms with Crippen LogP contribution in [0, 0.1) is 0 Å². The van der Waals surface area contributed by atoms with Crippen LogP contribution in [0.1, 0.15) is 19.3 Å². The molecule has 1 fully saturated rings. The van der Waals surface area contributed by atoms with E-state index in [2.05, 4.69) is 9.71 Å². The van der Waals surface area contributed by atoms with Gasteiger partial charge in [0.15, 0.2) is 0 Å². The maximum absolute atomic E-state index is 12.1. The molecular formula is C11H16ClN3O2S2. The zero-order chi connectivity index (χ0) is 14.1. The van der Waals surface area contributed by atoms with E-state index < -0.39 is 10.0 Å². The van der Waals surface area contributed by atoms with Gasteiger partial charge in [-0.1, -0.05) is 18.0 Å². The van der Waals surface area contributed by atoms with Crippen molar-refractivity contribution in [2.45, 2.75) is 28.9 Å². The number of nitrogens with one attached hydrogen (secondary N) is 1. The number of pyridine rings is 1. The number of halogens is 1. The Morgan fingerprint density at radius 2 is 2.26 bits per heavy atom. The SMILES string of the molecule is CSC1(CNS(=O)(=O)c2cnc(N)c(Cl)c2)CCC1. The van der Waals surface area contributed by atoms with E-state index in [1.165, 1.54) is 12.3 Å². The van der Waals surface area contributed by atoms with E-state index in [0.29, 0.717) is 6.54 Å². The molecule has 0 amide bonds. The van der Waals surface area contributed by atoms with Crippen LogP contribution < -0.4 is 10.5 Å². The molecule has 0 spiro atoms. The van der Waals surface area contributed by atoms with Crippen LogP contribution in [0.2, 0.25) is 5.02 Å². The highest BCUT2D eigenvalue weighted by Crippen LogP contribution is 2.42. The molecule has 0 aliphatic heterocycles. The Balaban J connectivity index is 2.11. The third kappa shape index (κ3) is 3.16. The molecule has 0 bridgehead atoms. The van der Waals surface area contributed by atoms with Gasteiger partial charge in [-0.15, -0.1) is 0 Å². The first-order valence-corrected chi connectivity index (χ1v) is 8.93. The van der Waals surface area contributed by atoms with E-state index in [1.807, 2.05) is 6.26 Å². The largest absolute Gasteiger partial charge is 0.382 e. The second kappa shape index (κ2) is 5.47. The number of sulfonamides is 1. The van der Waals surface area contributed by atoms with Crippen molar-refractivity contribution < 1.29 is 8.42 Å². The fourth-order valence-electron chi connectivity index (χ4n) is 1.91. The number of nitrogen functional groups attached to an aromatic ring is 1. The Bertz CT molecular complexity index is 568. The van der Waals surface area contributed by atoms with Gasteiger partial charge in [0.1, 0.15) is 10.7 Å². The summed E-state index contributed by atoms with van der Waals surface area (Å²) in [6, 6.07) is 1.32. The third-order valence-corrected chi connectivity index (χ3v) is 6.53. The van der Waals surface area contributed by atoms with E-state index in [0.717, 1.165) is 19.3 Å². The quantitative estimate of drug-likeness (QED) is 0.865. The van der Waals surface area contributed by atoms with Crippen molar-refractivity contribution in [1.29, 1.82) is 0 Å². The molecule has 8 heteroatoms. The predicted molar refractivity (Wildman–Crippen MR) is 78.9 cm³/mol. The first-order chi connectivity index (χ1) is 8.88. The number of anilines is 1. The molecule has 5 nitrogen and oxygen atoms in total. The molecule has 1 aliphatic rings. The lowest BCUT2D eigenvalue weighted by atomic mass is 9.84. The highest BCUT2D eigenvalue weighted by Gasteiger charge is 2.37. The molecule has 1 aliphatic carbocycles. The number of thioether (sulfide) groups is 1. The number of nitrogens with zero attached hydrogens (tertiary/aromatic N) is 1. The van der Waals surface area contributed by atoms with Crippen molar-refractivity contribution in [3.8, 4) is 0 Å². The van der Waals surface area contributed by atoms with Gasteiger partial charge in [-0.2, -0.15) is 11.8 Å². The van der Waals surface area contributed by atoms with Gasteiger partial charge >= 0.3 is 0 Å². The Morgan fingerprint density at radius 1 is 1.58 bits per heavy atom. The summed E-state index contributed by atoms with van der Waals surface area (Å²) < 4.78 is 26.9. The second-order valence-electron chi connectivity index (χ2n) is 4.60. The summed E-state index contributed by atoms with van der Waals surface area (Å²) in [5.41, 5.74) is 5.47. The molecule has 2 rings (SSSR count). The van der Waals surface area contributed by atoms with E-state index >= 15 is 0 Å². The highest BCUT2D eigenvalue weighted by molar-refractivity contribution is 8.00. The lowest BCUT2D eigenvalue weighted by Crippen LogP contribution is -2.45. The van der Waals surface area contributed by atoms with Crippen LogP contribution in [0.3, 0.4) is 0 Å². The summed E-state index contributed by atoms with van der Waals surface area (Å²) in [5, 5.41) is 0.145. The van der Waals surface area contributed by atoms with Crippen molar-refractivity contribution in [3.63, 3.8) is 0 Å². The van der Waals surface area contributed by atoms with Crippen molar-refractivity contribution in [2.24, 2.45) is 0 Å². The maximum atomic E-state index is 12.1. The molecule has 0 saturated heterocycles. The van der Waals surface area contributed by atoms with Gasteiger partial charge in [0, 0.05) is 17.5 Å². The lowest BCUT2D eigenvalue weighted by molar-refractivity contribution is 0.362. The third-order valence-electron chi connectivity index (χ3n) is 3.44. The monoisotopic (exact) mass is 321 g/mol. The molecule has 1 aromatic heterocycles. The van der Waals surface area contributed by atoms with Crippen molar-refractivity contribution >= 4 is 39.2 Å². The topological polar surface area (TPSA) is 85.1 Å². The zero-order valence-corrected chi connectivity index (χ0v) is 12.9. The molecule has 0 atom stereocenters. The molecule has 1 saturated carbocycles. The van der Waals surface area contributed by atoms with Crippen LogP contribution in [0.15, 0.2) is 17.2 Å². The average molecular weight is 322 g/mol. The lowest BCUT2D eigenvalue weighted by Gasteiger charge is -2.40. The number of rotatable bonds is 5. The summed E-state index contributed by atoms with van der Waals surface area (Å²) in [6.45, 7) is 0.429. The van der Waals surface area contributed by atoms with E-state index in [-0.39, 0.29) is 20.5 Å². The van der Waals surface area contributed by atoms with Crippen LogP contribution in [-0.2, 0) is 10.0 Å². The summed E-state index contributed by atoms with van der Waals surface area (Å²) >= 11 is 7.50. The van der Waals surface area contributed by atoms with Gasteiger partial charge in [0.05, 0.1) is 5.02 Å². The summed E-state index contributed by atoms with van der Waals surface area (Å²) in [7, 11) is -3.58. The highest BCUT2D eigenvalue weighted by atomic mass is 35.5. The van der Waals surface area contributed by atoms with E-state index in [9.17, 15) is 8.42 Å². The minimum absolute atomic E-state index is 0.0398. The predicted octanol–water partition coefficient (Wildman–Crippen LogP) is 1.88. The minimum atomic E-state index is -3.58. The maximum Gasteiger partial charge on any atom is 0.242 e. The number of hydrogen-bond acceptors (Lipinski definition) is 5. The Morgan fingerprint density at radius 3 is 2.74 bits per heavy atom. The minimum Gasteiger partial charge on any atom is -0.382 e. The smallest absolute Gasteiger partial charge is 0.242 e. The van der Waals surface area contributed by atoms with Gasteiger partial charge in [-0.25, -0.2) is 18.1 Å². The van der Waals surface area contributed by atoms with Crippen molar-refractivity contribution in [3.05, 3.63) is 17.3 Å². The molecular weight excluding hydrogens is 306 g/mol. The van der Waals surface area contributed by atoms with Gasteiger partial charge in [0.25, 0.3) is 0 Å². The molecule has 1 heterocycles. The summed E-state index contributed by atoms with van der Waals surface area (Å²) in [6.07, 6.45) is 6.46. The average Bonchev–Trinajstić information content (AvgIpc) is 2.31. The summed E-state index contributed by atoms with van der Waals surface area (Å²) in [4.78, 5) is 3.81. The summed E-state index contributed by atoms with van der Waals surface area (Å²) in [5.74, 6) is 0.125.